The Morgan fingerprint density at radius 3 is 2.42 bits per heavy atom. The van der Waals surface area contributed by atoms with Gasteiger partial charge in [0.25, 0.3) is 5.91 Å². The van der Waals surface area contributed by atoms with E-state index in [1.54, 1.807) is 18.2 Å². The number of aryl methyl sites for hydroxylation is 2. The number of carbonyl (C=O) groups excluding carboxylic acids is 1. The Balaban J connectivity index is 1.60. The van der Waals surface area contributed by atoms with Crippen molar-refractivity contribution in [2.45, 2.75) is 27.3 Å². The van der Waals surface area contributed by atoms with Crippen molar-refractivity contribution < 1.29 is 18.7 Å². The molecule has 31 heavy (non-hydrogen) atoms. The van der Waals surface area contributed by atoms with E-state index >= 15 is 0 Å². The largest absolute Gasteiger partial charge is 0.490 e. The second-order valence-electron chi connectivity index (χ2n) is 7.23. The molecular weight excluding hydrogens is 395 g/mol. The molecule has 0 aliphatic carbocycles. The van der Waals surface area contributed by atoms with Crippen molar-refractivity contribution in [2.75, 3.05) is 23.8 Å². The Morgan fingerprint density at radius 1 is 0.935 bits per heavy atom. The number of benzene rings is 3. The zero-order chi connectivity index (χ0) is 22.2. The number of rotatable bonds is 9. The van der Waals surface area contributed by atoms with Crippen LogP contribution in [-0.4, -0.2) is 19.1 Å². The van der Waals surface area contributed by atoms with Gasteiger partial charge in [0.1, 0.15) is 5.82 Å². The number of anilines is 2. The smallest absolute Gasteiger partial charge is 0.262 e. The van der Waals surface area contributed by atoms with E-state index in [4.69, 9.17) is 9.47 Å². The first-order valence-electron chi connectivity index (χ1n) is 10.2. The van der Waals surface area contributed by atoms with Gasteiger partial charge in [-0.15, -0.1) is 0 Å². The van der Waals surface area contributed by atoms with Crippen molar-refractivity contribution in [3.63, 3.8) is 0 Å². The first-order valence-corrected chi connectivity index (χ1v) is 10.2. The first-order chi connectivity index (χ1) is 14.9. The molecule has 0 radical (unpaired) electrons. The summed E-state index contributed by atoms with van der Waals surface area (Å²) in [5.41, 5.74) is 4.71. The van der Waals surface area contributed by atoms with E-state index in [2.05, 4.69) is 10.6 Å². The van der Waals surface area contributed by atoms with Crippen molar-refractivity contribution >= 4 is 17.3 Å². The molecule has 0 heterocycles. The summed E-state index contributed by atoms with van der Waals surface area (Å²) in [5, 5.41) is 6.11. The molecule has 5 nitrogen and oxygen atoms in total. The minimum absolute atomic E-state index is 0.124. The average Bonchev–Trinajstić information content (AvgIpc) is 2.75. The Morgan fingerprint density at radius 2 is 1.71 bits per heavy atom. The third-order valence-electron chi connectivity index (χ3n) is 4.66. The van der Waals surface area contributed by atoms with Crippen LogP contribution in [0.1, 0.15) is 23.6 Å². The highest BCUT2D eigenvalue weighted by molar-refractivity contribution is 5.92. The lowest BCUT2D eigenvalue weighted by Crippen LogP contribution is -2.21. The molecule has 162 valence electrons. The molecule has 3 aromatic carbocycles. The van der Waals surface area contributed by atoms with E-state index < -0.39 is 0 Å². The number of nitrogens with one attached hydrogen (secondary N) is 2. The highest BCUT2D eigenvalue weighted by Gasteiger charge is 2.11. The second-order valence-corrected chi connectivity index (χ2v) is 7.23. The molecule has 0 spiro atoms. The van der Waals surface area contributed by atoms with E-state index in [0.29, 0.717) is 24.7 Å². The molecule has 3 aromatic rings. The molecule has 0 saturated carbocycles. The van der Waals surface area contributed by atoms with Gasteiger partial charge in [0.15, 0.2) is 18.1 Å². The van der Waals surface area contributed by atoms with Crippen molar-refractivity contribution in [2.24, 2.45) is 0 Å². The van der Waals surface area contributed by atoms with E-state index in [0.717, 1.165) is 28.1 Å². The van der Waals surface area contributed by atoms with Gasteiger partial charge in [-0.1, -0.05) is 23.8 Å². The SMILES string of the molecule is CCOc1cc(CNc2ccc(F)cc2)ccc1OCC(=O)Nc1ccc(C)cc1C. The topological polar surface area (TPSA) is 59.6 Å². The zero-order valence-electron chi connectivity index (χ0n) is 18.0. The minimum Gasteiger partial charge on any atom is -0.490 e. The summed E-state index contributed by atoms with van der Waals surface area (Å²) in [6, 6.07) is 17.6. The van der Waals surface area contributed by atoms with Crippen LogP contribution in [0.2, 0.25) is 0 Å². The lowest BCUT2D eigenvalue weighted by molar-refractivity contribution is -0.118. The fourth-order valence-corrected chi connectivity index (χ4v) is 3.11. The van der Waals surface area contributed by atoms with Crippen molar-refractivity contribution in [3.8, 4) is 11.5 Å². The number of hydrogen-bond acceptors (Lipinski definition) is 4. The Bertz CT molecular complexity index is 1040. The third-order valence-corrected chi connectivity index (χ3v) is 4.66. The summed E-state index contributed by atoms with van der Waals surface area (Å²) in [4.78, 5) is 12.3. The Kier molecular flexibility index (Phi) is 7.49. The maximum atomic E-state index is 13.0. The standard InChI is InChI=1S/C25H27FN2O3/c1-4-30-24-14-19(15-27-21-9-7-20(26)8-10-21)6-12-23(24)31-16-25(29)28-22-11-5-17(2)13-18(22)3/h5-14,27H,4,15-16H2,1-3H3,(H,28,29). The zero-order valence-corrected chi connectivity index (χ0v) is 18.0. The number of carbonyl (C=O) groups is 1. The summed E-state index contributed by atoms with van der Waals surface area (Å²) in [6.07, 6.45) is 0. The molecule has 0 bridgehead atoms. The summed E-state index contributed by atoms with van der Waals surface area (Å²) in [6.45, 7) is 6.74. The maximum Gasteiger partial charge on any atom is 0.262 e. The van der Waals surface area contributed by atoms with Crippen LogP contribution in [0.15, 0.2) is 60.7 Å². The van der Waals surface area contributed by atoms with Gasteiger partial charge in [-0.3, -0.25) is 4.79 Å². The normalized spacial score (nSPS) is 10.5. The number of hydrogen-bond donors (Lipinski definition) is 2. The van der Waals surface area contributed by atoms with E-state index in [-0.39, 0.29) is 18.3 Å². The van der Waals surface area contributed by atoms with E-state index in [9.17, 15) is 9.18 Å². The summed E-state index contributed by atoms with van der Waals surface area (Å²) in [5.74, 6) is 0.562. The van der Waals surface area contributed by atoms with Crippen LogP contribution >= 0.6 is 0 Å². The number of ether oxygens (including phenoxy) is 2. The molecule has 0 saturated heterocycles. The van der Waals surface area contributed by atoms with Crippen LogP contribution in [0.5, 0.6) is 11.5 Å². The van der Waals surface area contributed by atoms with Crippen LogP contribution in [0, 0.1) is 19.7 Å². The second kappa shape index (κ2) is 10.5. The highest BCUT2D eigenvalue weighted by atomic mass is 19.1. The van der Waals surface area contributed by atoms with E-state index in [1.807, 2.05) is 51.1 Å². The van der Waals surface area contributed by atoms with Crippen LogP contribution in [-0.2, 0) is 11.3 Å². The van der Waals surface area contributed by atoms with Gasteiger partial charge >= 0.3 is 0 Å². The fourth-order valence-electron chi connectivity index (χ4n) is 3.11. The Hall–Kier alpha value is -3.54. The first kappa shape index (κ1) is 22.2. The average molecular weight is 423 g/mol. The molecule has 0 aliphatic heterocycles. The van der Waals surface area contributed by atoms with Crippen molar-refractivity contribution in [1.82, 2.24) is 0 Å². The molecular formula is C25H27FN2O3. The molecule has 3 rings (SSSR count). The van der Waals surface area contributed by atoms with Crippen LogP contribution < -0.4 is 20.1 Å². The van der Waals surface area contributed by atoms with E-state index in [1.165, 1.54) is 12.1 Å². The predicted molar refractivity (Wildman–Crippen MR) is 121 cm³/mol. The van der Waals surface area contributed by atoms with Crippen LogP contribution in [0.3, 0.4) is 0 Å². The van der Waals surface area contributed by atoms with Crippen molar-refractivity contribution in [1.29, 1.82) is 0 Å². The molecule has 1 amide bonds. The monoisotopic (exact) mass is 422 g/mol. The van der Waals surface area contributed by atoms with Crippen LogP contribution in [0.4, 0.5) is 15.8 Å². The van der Waals surface area contributed by atoms with Gasteiger partial charge < -0.3 is 20.1 Å². The van der Waals surface area contributed by atoms with Gasteiger partial charge in [0, 0.05) is 17.9 Å². The molecule has 0 atom stereocenters. The predicted octanol–water partition coefficient (Wildman–Crippen LogP) is 5.47. The van der Waals surface area contributed by atoms with Gasteiger partial charge in [0.2, 0.25) is 0 Å². The van der Waals surface area contributed by atoms with Crippen molar-refractivity contribution in [3.05, 3.63) is 83.2 Å². The molecule has 0 fully saturated rings. The summed E-state index contributed by atoms with van der Waals surface area (Å²) < 4.78 is 24.4. The summed E-state index contributed by atoms with van der Waals surface area (Å²) >= 11 is 0. The Labute approximate surface area is 182 Å². The van der Waals surface area contributed by atoms with Gasteiger partial charge in [0.05, 0.1) is 6.61 Å². The van der Waals surface area contributed by atoms with Crippen LogP contribution in [0.25, 0.3) is 0 Å². The molecule has 0 aromatic heterocycles. The number of halogens is 1. The fraction of sp³-hybridized carbons (Fsp3) is 0.240. The quantitative estimate of drug-likeness (QED) is 0.480. The molecule has 0 unspecified atom stereocenters. The number of amides is 1. The molecule has 0 aliphatic rings. The maximum absolute atomic E-state index is 13.0. The van der Waals surface area contributed by atoms with Gasteiger partial charge in [-0.2, -0.15) is 0 Å². The lowest BCUT2D eigenvalue weighted by Gasteiger charge is -2.14. The molecule has 6 heteroatoms. The highest BCUT2D eigenvalue weighted by Crippen LogP contribution is 2.29. The third kappa shape index (κ3) is 6.47. The summed E-state index contributed by atoms with van der Waals surface area (Å²) in [7, 11) is 0. The van der Waals surface area contributed by atoms with Gasteiger partial charge in [-0.05, 0) is 74.4 Å². The lowest BCUT2D eigenvalue weighted by atomic mass is 10.1. The minimum atomic E-state index is -0.271. The molecule has 2 N–H and O–H groups in total. The van der Waals surface area contributed by atoms with Gasteiger partial charge in [-0.25, -0.2) is 4.39 Å².